The van der Waals surface area contributed by atoms with Gasteiger partial charge in [-0.1, -0.05) is 0 Å². The Hall–Kier alpha value is 0.710. The van der Waals surface area contributed by atoms with Crippen LogP contribution < -0.4 is 0 Å². The topological polar surface area (TPSA) is 35.5 Å². The van der Waals surface area contributed by atoms with E-state index in [1.165, 1.54) is 13.8 Å². The third kappa shape index (κ3) is 4.61. The summed E-state index contributed by atoms with van der Waals surface area (Å²) in [5, 5.41) is 0. The molecule has 0 amide bonds. The summed E-state index contributed by atoms with van der Waals surface area (Å²) in [4.78, 5) is 0. The van der Waals surface area contributed by atoms with E-state index in [2.05, 4.69) is 40.9 Å². The monoisotopic (exact) mass is 370 g/mol. The van der Waals surface area contributed by atoms with Crippen LogP contribution in [0.3, 0.4) is 0 Å². The minimum Gasteiger partial charge on any atom is -0.304 e. The molecule has 0 saturated heterocycles. The van der Waals surface area contributed by atoms with Crippen molar-refractivity contribution in [3.63, 3.8) is 0 Å². The Morgan fingerprint density at radius 3 is 2.00 bits per heavy atom. The van der Waals surface area contributed by atoms with E-state index in [1.807, 2.05) is 0 Å². The molecule has 0 radical (unpaired) electrons. The van der Waals surface area contributed by atoms with Crippen molar-refractivity contribution in [3.8, 4) is 0 Å². The number of halogens is 4. The van der Waals surface area contributed by atoms with Gasteiger partial charge in [-0.3, -0.25) is 4.57 Å². The third-order valence-corrected chi connectivity index (χ3v) is 3.76. The van der Waals surface area contributed by atoms with Gasteiger partial charge in [-0.2, -0.15) is 8.78 Å². The molecule has 8 heteroatoms. The van der Waals surface area contributed by atoms with Gasteiger partial charge in [0.15, 0.2) is 0 Å². The summed E-state index contributed by atoms with van der Waals surface area (Å²) >= 11 is 5.54. The van der Waals surface area contributed by atoms with Crippen molar-refractivity contribution in [1.82, 2.24) is 0 Å². The Kier molecular flexibility index (Phi) is 6.75. The van der Waals surface area contributed by atoms with Crippen LogP contribution in [0.1, 0.15) is 13.8 Å². The molecule has 0 aromatic carbocycles. The summed E-state index contributed by atoms with van der Waals surface area (Å²) < 4.78 is 47.6. The van der Waals surface area contributed by atoms with Crippen LogP contribution >= 0.6 is 39.5 Å². The highest BCUT2D eigenvalue weighted by Gasteiger charge is 2.51. The Labute approximate surface area is 104 Å². The Balaban J connectivity index is 5.06. The number of hydrogen-bond acceptors (Lipinski definition) is 3. The lowest BCUT2D eigenvalue weighted by molar-refractivity contribution is 0.0794. The molecule has 15 heavy (non-hydrogen) atoms. The molecule has 0 unspecified atom stereocenters. The van der Waals surface area contributed by atoms with Crippen molar-refractivity contribution in [1.29, 1.82) is 0 Å². The second-order valence-corrected chi connectivity index (χ2v) is 7.24. The van der Waals surface area contributed by atoms with E-state index in [1.54, 1.807) is 0 Å². The van der Waals surface area contributed by atoms with Gasteiger partial charge in [-0.15, -0.1) is 0 Å². The molecule has 0 spiro atoms. The van der Waals surface area contributed by atoms with Gasteiger partial charge in [0.2, 0.25) is 0 Å². The zero-order valence-electron chi connectivity index (χ0n) is 8.18. The van der Waals surface area contributed by atoms with Crippen LogP contribution in [0, 0.1) is 0 Å². The molecule has 0 aliphatic heterocycles. The Morgan fingerprint density at radius 1 is 1.33 bits per heavy atom. The first-order valence-electron chi connectivity index (χ1n) is 4.10. The van der Waals surface area contributed by atoms with Crippen LogP contribution in [-0.4, -0.2) is 18.9 Å². The molecule has 0 aromatic rings. The summed E-state index contributed by atoms with van der Waals surface area (Å²) in [5.74, 6) is 0. The Morgan fingerprint density at radius 2 is 1.73 bits per heavy atom. The fourth-order valence-corrected chi connectivity index (χ4v) is 3.07. The van der Waals surface area contributed by atoms with E-state index < -0.39 is 13.3 Å². The highest BCUT2D eigenvalue weighted by Crippen LogP contribution is 2.63. The molecule has 0 aromatic heterocycles. The third-order valence-electron chi connectivity index (χ3n) is 1.25. The predicted octanol–water partition coefficient (Wildman–Crippen LogP) is 4.48. The molecule has 0 fully saturated rings. The highest BCUT2D eigenvalue weighted by molar-refractivity contribution is 9.28. The normalized spacial score (nSPS) is 12.7. The molecule has 0 saturated carbocycles. The molecule has 0 heterocycles. The van der Waals surface area contributed by atoms with Crippen molar-refractivity contribution < 1.29 is 22.4 Å². The molecule has 3 nitrogen and oxygen atoms in total. The fraction of sp³-hybridized carbons (Fsp3) is 0.714. The quantitative estimate of drug-likeness (QED) is 0.646. The van der Waals surface area contributed by atoms with Gasteiger partial charge in [0.05, 0.1) is 16.6 Å². The zero-order chi connectivity index (χ0) is 12.1. The molecule has 0 N–H and O–H groups in total. The summed E-state index contributed by atoms with van der Waals surface area (Å²) in [7, 11) is -4.45. The lowest BCUT2D eigenvalue weighted by atomic mass is 10.7. The van der Waals surface area contributed by atoms with E-state index in [0.717, 1.165) is 0 Å². The average molecular weight is 372 g/mol. The molecule has 0 bridgehead atoms. The van der Waals surface area contributed by atoms with E-state index in [9.17, 15) is 13.3 Å². The second-order valence-electron chi connectivity index (χ2n) is 2.35. The minimum atomic E-state index is -4.45. The van der Waals surface area contributed by atoms with Crippen molar-refractivity contribution in [2.24, 2.45) is 0 Å². The molecular weight excluding hydrogens is 361 g/mol. The minimum absolute atomic E-state index is 0.0142. The van der Waals surface area contributed by atoms with Crippen LogP contribution in [-0.2, 0) is 13.6 Å². The molecule has 0 aliphatic carbocycles. The smallest absolute Gasteiger partial charge is 0.304 e. The first kappa shape index (κ1) is 15.7. The second kappa shape index (κ2) is 6.45. The van der Waals surface area contributed by atoms with Gasteiger partial charge < -0.3 is 9.05 Å². The number of hydrogen-bond donors (Lipinski definition) is 0. The van der Waals surface area contributed by atoms with Crippen molar-refractivity contribution in [2.75, 3.05) is 13.2 Å². The molecule has 0 atom stereocenters. The first-order chi connectivity index (χ1) is 6.79. The summed E-state index contributed by atoms with van der Waals surface area (Å²) in [5.41, 5.74) is -3.67. The number of alkyl halides is 2. The number of allylic oxidation sites excluding steroid dienone is 1. The van der Waals surface area contributed by atoms with Crippen LogP contribution in [0.15, 0.2) is 9.47 Å². The van der Waals surface area contributed by atoms with Crippen LogP contribution in [0.25, 0.3) is 0 Å². The van der Waals surface area contributed by atoms with Crippen LogP contribution in [0.4, 0.5) is 8.78 Å². The molecule has 0 aliphatic rings. The maximum absolute atomic E-state index is 13.4. The largest absolute Gasteiger partial charge is 0.403 e. The van der Waals surface area contributed by atoms with Gasteiger partial charge in [0.25, 0.3) is 0 Å². The first-order valence-corrected chi connectivity index (χ1v) is 7.22. The maximum atomic E-state index is 13.4. The van der Waals surface area contributed by atoms with E-state index in [-0.39, 0.29) is 16.6 Å². The fourth-order valence-electron chi connectivity index (χ4n) is 0.760. The van der Waals surface area contributed by atoms with Crippen molar-refractivity contribution in [2.45, 2.75) is 19.5 Å². The Bertz CT molecular complexity index is 269. The maximum Gasteiger partial charge on any atom is 0.403 e. The molecule has 0 rings (SSSR count). The average Bonchev–Trinajstić information content (AvgIpc) is 2.02. The molecular formula is C7H11Br2F2O3P. The van der Waals surface area contributed by atoms with Crippen LogP contribution in [0.5, 0.6) is 0 Å². The highest BCUT2D eigenvalue weighted by atomic mass is 79.9. The van der Waals surface area contributed by atoms with Crippen LogP contribution in [0.2, 0.25) is 0 Å². The lowest BCUT2D eigenvalue weighted by Gasteiger charge is -2.23. The van der Waals surface area contributed by atoms with E-state index in [4.69, 9.17) is 0 Å². The van der Waals surface area contributed by atoms with Gasteiger partial charge in [0.1, 0.15) is 0 Å². The summed E-state index contributed by atoms with van der Waals surface area (Å²) in [6.07, 6.45) is 0.444. The SMILES string of the molecule is CCOP(=O)(OCC)C(F)(F)C=C(Br)Br. The van der Waals surface area contributed by atoms with Gasteiger partial charge in [0, 0.05) is 6.08 Å². The zero-order valence-corrected chi connectivity index (χ0v) is 12.2. The van der Waals surface area contributed by atoms with Gasteiger partial charge in [-0.25, -0.2) is 0 Å². The van der Waals surface area contributed by atoms with E-state index >= 15 is 0 Å². The van der Waals surface area contributed by atoms with E-state index in [0.29, 0.717) is 6.08 Å². The lowest BCUT2D eigenvalue weighted by Crippen LogP contribution is -2.17. The van der Waals surface area contributed by atoms with Gasteiger partial charge >= 0.3 is 13.3 Å². The molecule has 90 valence electrons. The van der Waals surface area contributed by atoms with Crippen molar-refractivity contribution in [3.05, 3.63) is 9.47 Å². The standard InChI is InChI=1S/C7H11Br2F2O3P/c1-3-13-15(12,14-4-2)7(10,11)5-6(8)9/h5H,3-4H2,1-2H3. The van der Waals surface area contributed by atoms with Crippen molar-refractivity contribution >= 4 is 39.5 Å². The van der Waals surface area contributed by atoms with Gasteiger partial charge in [-0.05, 0) is 45.7 Å². The number of rotatable bonds is 6. The summed E-state index contributed by atoms with van der Waals surface area (Å²) in [6, 6.07) is 0. The predicted molar refractivity (Wildman–Crippen MR) is 61.7 cm³/mol. The summed E-state index contributed by atoms with van der Waals surface area (Å²) in [6.45, 7) is 2.71.